The number of anilines is 1. The van der Waals surface area contributed by atoms with Crippen molar-refractivity contribution in [3.05, 3.63) is 76.0 Å². The number of benzene rings is 2. The number of rotatable bonds is 4. The van der Waals surface area contributed by atoms with Crippen LogP contribution in [0.25, 0.3) is 17.4 Å². The van der Waals surface area contributed by atoms with Gasteiger partial charge in [-0.15, -0.1) is 0 Å². The first kappa shape index (κ1) is 18.6. The van der Waals surface area contributed by atoms with E-state index in [1.807, 2.05) is 6.07 Å². The number of aromatic hydroxyl groups is 1. The summed E-state index contributed by atoms with van der Waals surface area (Å²) in [6, 6.07) is 16.3. The van der Waals surface area contributed by atoms with Crippen LogP contribution in [-0.2, 0) is 4.79 Å². The van der Waals surface area contributed by atoms with Gasteiger partial charge in [0.15, 0.2) is 0 Å². The number of nitriles is 1. The van der Waals surface area contributed by atoms with Crippen LogP contribution in [0, 0.1) is 11.3 Å². The molecule has 0 aliphatic carbocycles. The predicted octanol–water partition coefficient (Wildman–Crippen LogP) is 5.50. The van der Waals surface area contributed by atoms with Gasteiger partial charge in [-0.2, -0.15) is 5.26 Å². The third-order valence-electron chi connectivity index (χ3n) is 3.63. The molecule has 0 atom stereocenters. The average molecular weight is 399 g/mol. The molecule has 0 unspecified atom stereocenters. The van der Waals surface area contributed by atoms with Gasteiger partial charge < -0.3 is 14.8 Å². The van der Waals surface area contributed by atoms with E-state index in [1.165, 1.54) is 18.2 Å². The third kappa shape index (κ3) is 4.32. The lowest BCUT2D eigenvalue weighted by molar-refractivity contribution is -0.112. The molecule has 0 spiro atoms. The zero-order valence-corrected chi connectivity index (χ0v) is 15.3. The van der Waals surface area contributed by atoms with Crippen LogP contribution in [0.4, 0.5) is 5.69 Å². The monoisotopic (exact) mass is 398 g/mol. The third-order valence-corrected chi connectivity index (χ3v) is 4.18. The van der Waals surface area contributed by atoms with Crippen LogP contribution >= 0.6 is 23.2 Å². The first-order valence-electron chi connectivity index (χ1n) is 7.74. The van der Waals surface area contributed by atoms with E-state index >= 15 is 0 Å². The van der Waals surface area contributed by atoms with Crippen LogP contribution in [0.2, 0.25) is 10.0 Å². The number of phenolic OH excluding ortho intramolecular Hbond substituents is 1. The van der Waals surface area contributed by atoms with Crippen molar-refractivity contribution in [2.45, 2.75) is 0 Å². The zero-order valence-electron chi connectivity index (χ0n) is 13.7. The highest BCUT2D eigenvalue weighted by molar-refractivity contribution is 6.36. The molecular formula is C20H12Cl2N2O3. The molecule has 27 heavy (non-hydrogen) atoms. The van der Waals surface area contributed by atoms with Gasteiger partial charge in [0.1, 0.15) is 28.9 Å². The minimum atomic E-state index is -0.665. The van der Waals surface area contributed by atoms with E-state index in [-0.39, 0.29) is 17.0 Å². The second-order valence-electron chi connectivity index (χ2n) is 5.47. The minimum Gasteiger partial charge on any atom is -0.506 e. The van der Waals surface area contributed by atoms with Gasteiger partial charge in [0, 0.05) is 16.7 Å². The molecule has 1 heterocycles. The molecule has 0 radical (unpaired) electrons. The van der Waals surface area contributed by atoms with E-state index in [1.54, 1.807) is 42.5 Å². The van der Waals surface area contributed by atoms with Crippen LogP contribution in [-0.4, -0.2) is 11.0 Å². The second kappa shape index (κ2) is 8.00. The molecule has 0 saturated carbocycles. The highest BCUT2D eigenvalue weighted by atomic mass is 35.5. The van der Waals surface area contributed by atoms with Crippen LogP contribution in [0.3, 0.4) is 0 Å². The van der Waals surface area contributed by atoms with Crippen molar-refractivity contribution in [3.63, 3.8) is 0 Å². The van der Waals surface area contributed by atoms with Crippen molar-refractivity contribution in [2.24, 2.45) is 0 Å². The Morgan fingerprint density at radius 2 is 1.93 bits per heavy atom. The van der Waals surface area contributed by atoms with Gasteiger partial charge in [0.05, 0.1) is 10.7 Å². The van der Waals surface area contributed by atoms with Crippen molar-refractivity contribution in [2.75, 3.05) is 5.32 Å². The topological polar surface area (TPSA) is 86.3 Å². The molecular weight excluding hydrogens is 387 g/mol. The summed E-state index contributed by atoms with van der Waals surface area (Å²) in [7, 11) is 0. The van der Waals surface area contributed by atoms with E-state index in [2.05, 4.69) is 5.32 Å². The maximum Gasteiger partial charge on any atom is 0.266 e. The molecule has 2 aromatic carbocycles. The molecule has 0 bridgehead atoms. The maximum atomic E-state index is 12.3. The summed E-state index contributed by atoms with van der Waals surface area (Å²) in [4.78, 5) is 12.3. The SMILES string of the molecule is N#CC(=Cc1ccc(-c2ccc(Cl)cc2Cl)o1)C(=O)Nc1ccccc1O. The van der Waals surface area contributed by atoms with Crippen LogP contribution in [0.1, 0.15) is 5.76 Å². The van der Waals surface area contributed by atoms with Crippen molar-refractivity contribution in [1.29, 1.82) is 5.26 Å². The van der Waals surface area contributed by atoms with E-state index in [0.717, 1.165) is 0 Å². The molecule has 0 saturated heterocycles. The Kier molecular flexibility index (Phi) is 5.51. The number of carbonyl (C=O) groups excluding carboxylic acids is 1. The summed E-state index contributed by atoms with van der Waals surface area (Å²) in [5, 5.41) is 22.4. The minimum absolute atomic E-state index is 0.0965. The fourth-order valence-electron chi connectivity index (χ4n) is 2.32. The van der Waals surface area contributed by atoms with Gasteiger partial charge in [-0.25, -0.2) is 0 Å². The number of amides is 1. The molecule has 0 fully saturated rings. The van der Waals surface area contributed by atoms with Crippen molar-refractivity contribution >= 4 is 40.9 Å². The van der Waals surface area contributed by atoms with Crippen LogP contribution in [0.5, 0.6) is 5.75 Å². The summed E-state index contributed by atoms with van der Waals surface area (Å²) in [5.74, 6) is 0.0172. The molecule has 0 aliphatic rings. The highest BCUT2D eigenvalue weighted by Gasteiger charge is 2.14. The van der Waals surface area contributed by atoms with Gasteiger partial charge >= 0.3 is 0 Å². The molecule has 7 heteroatoms. The second-order valence-corrected chi connectivity index (χ2v) is 6.31. The first-order valence-corrected chi connectivity index (χ1v) is 8.50. The van der Waals surface area contributed by atoms with Gasteiger partial charge in [0.25, 0.3) is 5.91 Å². The number of nitrogens with one attached hydrogen (secondary N) is 1. The Bertz CT molecular complexity index is 1080. The standard InChI is InChI=1S/C20H12Cl2N2O3/c21-13-5-7-15(16(22)10-13)19-8-6-14(27-19)9-12(11-23)20(26)24-17-3-1-2-4-18(17)25/h1-10,25H,(H,24,26). The summed E-state index contributed by atoms with van der Waals surface area (Å²) in [6.45, 7) is 0. The van der Waals surface area contributed by atoms with E-state index in [0.29, 0.717) is 27.1 Å². The largest absolute Gasteiger partial charge is 0.506 e. The Labute approximate surface area is 165 Å². The number of phenols is 1. The number of furan rings is 1. The Morgan fingerprint density at radius 1 is 1.15 bits per heavy atom. The molecule has 1 amide bonds. The number of para-hydroxylation sites is 2. The number of carbonyl (C=O) groups is 1. The molecule has 3 aromatic rings. The predicted molar refractivity (Wildman–Crippen MR) is 104 cm³/mol. The van der Waals surface area contributed by atoms with Gasteiger partial charge in [-0.3, -0.25) is 4.79 Å². The number of hydrogen-bond donors (Lipinski definition) is 2. The number of hydrogen-bond acceptors (Lipinski definition) is 4. The van der Waals surface area contributed by atoms with E-state index < -0.39 is 5.91 Å². The zero-order chi connectivity index (χ0) is 19.4. The molecule has 134 valence electrons. The average Bonchev–Trinajstić information content (AvgIpc) is 3.09. The Morgan fingerprint density at radius 3 is 2.63 bits per heavy atom. The molecule has 3 rings (SSSR count). The quantitative estimate of drug-likeness (QED) is 0.344. The van der Waals surface area contributed by atoms with Gasteiger partial charge in [-0.1, -0.05) is 35.3 Å². The maximum absolute atomic E-state index is 12.3. The summed E-state index contributed by atoms with van der Waals surface area (Å²) >= 11 is 12.0. The van der Waals surface area contributed by atoms with Crippen molar-refractivity contribution < 1.29 is 14.3 Å². The summed E-state index contributed by atoms with van der Waals surface area (Å²) in [6.07, 6.45) is 1.31. The molecule has 1 aromatic heterocycles. The van der Waals surface area contributed by atoms with Gasteiger partial charge in [-0.05, 0) is 42.5 Å². The molecule has 5 nitrogen and oxygen atoms in total. The Balaban J connectivity index is 1.84. The van der Waals surface area contributed by atoms with E-state index in [9.17, 15) is 15.2 Å². The lowest BCUT2D eigenvalue weighted by atomic mass is 10.2. The van der Waals surface area contributed by atoms with Gasteiger partial charge in [0.2, 0.25) is 0 Å². The highest BCUT2D eigenvalue weighted by Crippen LogP contribution is 2.32. The lowest BCUT2D eigenvalue weighted by Crippen LogP contribution is -2.13. The fraction of sp³-hybridized carbons (Fsp3) is 0. The normalized spacial score (nSPS) is 11.1. The smallest absolute Gasteiger partial charge is 0.266 e. The van der Waals surface area contributed by atoms with Crippen molar-refractivity contribution in [3.8, 4) is 23.1 Å². The van der Waals surface area contributed by atoms with Crippen LogP contribution in [0.15, 0.2) is 64.6 Å². The fourth-order valence-corrected chi connectivity index (χ4v) is 2.83. The van der Waals surface area contributed by atoms with E-state index in [4.69, 9.17) is 27.6 Å². The molecule has 2 N–H and O–H groups in total. The first-order chi connectivity index (χ1) is 13.0. The summed E-state index contributed by atoms with van der Waals surface area (Å²) in [5.41, 5.74) is 0.663. The number of nitrogens with zero attached hydrogens (tertiary/aromatic N) is 1. The Hall–Kier alpha value is -3.20. The van der Waals surface area contributed by atoms with Crippen LogP contribution < -0.4 is 5.32 Å². The van der Waals surface area contributed by atoms with Crippen molar-refractivity contribution in [1.82, 2.24) is 0 Å². The summed E-state index contributed by atoms with van der Waals surface area (Å²) < 4.78 is 5.66. The lowest BCUT2D eigenvalue weighted by Gasteiger charge is -2.05. The molecule has 0 aliphatic heterocycles. The number of halogens is 2.